The summed E-state index contributed by atoms with van der Waals surface area (Å²) in [5.41, 5.74) is 3.22. The normalized spacial score (nSPS) is 17.9. The maximum atomic E-state index is 13.5. The number of anilines is 2. The van der Waals surface area contributed by atoms with Crippen LogP contribution in [0.25, 0.3) is 11.1 Å². The van der Waals surface area contributed by atoms with Crippen LogP contribution in [0, 0.1) is 0 Å². The maximum absolute atomic E-state index is 13.5. The topological polar surface area (TPSA) is 40.6 Å². The van der Waals surface area contributed by atoms with E-state index in [-0.39, 0.29) is 11.8 Å². The highest BCUT2D eigenvalue weighted by Gasteiger charge is 2.43. The van der Waals surface area contributed by atoms with Gasteiger partial charge >= 0.3 is 0 Å². The van der Waals surface area contributed by atoms with Gasteiger partial charge in [-0.25, -0.2) is 0 Å². The van der Waals surface area contributed by atoms with Crippen molar-refractivity contribution < 1.29 is 9.59 Å². The van der Waals surface area contributed by atoms with Gasteiger partial charge in [-0.15, -0.1) is 22.7 Å². The summed E-state index contributed by atoms with van der Waals surface area (Å²) in [6.45, 7) is 5.84. The van der Waals surface area contributed by atoms with Crippen molar-refractivity contribution in [1.29, 1.82) is 0 Å². The van der Waals surface area contributed by atoms with Crippen molar-refractivity contribution in [3.8, 4) is 0 Å². The van der Waals surface area contributed by atoms with Crippen LogP contribution in [0.2, 0.25) is 0 Å². The third-order valence-corrected chi connectivity index (χ3v) is 7.81. The monoisotopic (exact) mass is 442 g/mol. The van der Waals surface area contributed by atoms with Gasteiger partial charge in [-0.2, -0.15) is 0 Å². The van der Waals surface area contributed by atoms with E-state index in [0.717, 1.165) is 59.9 Å². The lowest BCUT2D eigenvalue weighted by Crippen LogP contribution is -2.30. The lowest BCUT2D eigenvalue weighted by Gasteiger charge is -2.17. The zero-order valence-electron chi connectivity index (χ0n) is 17.9. The molecular formula is C24H30N2O2S2. The first-order valence-electron chi connectivity index (χ1n) is 11.2. The van der Waals surface area contributed by atoms with E-state index in [1.807, 2.05) is 32.7 Å². The molecule has 160 valence electrons. The third-order valence-electron chi connectivity index (χ3n) is 5.96. The summed E-state index contributed by atoms with van der Waals surface area (Å²) in [6.07, 6.45) is 9.00. The van der Waals surface area contributed by atoms with E-state index >= 15 is 0 Å². The van der Waals surface area contributed by atoms with Crippen molar-refractivity contribution in [2.75, 3.05) is 22.9 Å². The Bertz CT molecular complexity index is 880. The molecule has 0 saturated carbocycles. The van der Waals surface area contributed by atoms with E-state index < -0.39 is 0 Å². The molecule has 0 fully saturated rings. The molecule has 0 radical (unpaired) electrons. The van der Waals surface area contributed by atoms with Crippen LogP contribution in [-0.2, 0) is 9.59 Å². The Labute approximate surface area is 187 Å². The molecule has 4 nitrogen and oxygen atoms in total. The molecule has 0 unspecified atom stereocenters. The fraction of sp³-hybridized carbons (Fsp3) is 0.500. The SMILES string of the molecule is CCCCCCN1C(=O)/C(=C2/C(=O)N(CCCCCC)c3ccsc32)c2sccc21. The first-order valence-corrected chi connectivity index (χ1v) is 13.0. The van der Waals surface area contributed by atoms with Gasteiger partial charge in [-0.05, 0) is 35.7 Å². The fourth-order valence-electron chi connectivity index (χ4n) is 4.37. The second-order valence-corrected chi connectivity index (χ2v) is 9.89. The summed E-state index contributed by atoms with van der Waals surface area (Å²) in [4.78, 5) is 32.7. The Balaban J connectivity index is 1.64. The fourth-order valence-corrected chi connectivity index (χ4v) is 6.24. The van der Waals surface area contributed by atoms with Gasteiger partial charge < -0.3 is 9.80 Å². The van der Waals surface area contributed by atoms with Gasteiger partial charge in [-0.1, -0.05) is 52.4 Å². The summed E-state index contributed by atoms with van der Waals surface area (Å²) < 4.78 is 0. The van der Waals surface area contributed by atoms with Crippen molar-refractivity contribution in [2.24, 2.45) is 0 Å². The molecule has 6 heteroatoms. The minimum atomic E-state index is 0.00359. The number of fused-ring (bicyclic) bond motifs is 2. The molecule has 2 aliphatic rings. The molecule has 2 amide bonds. The highest BCUT2D eigenvalue weighted by molar-refractivity contribution is 7.14. The number of unbranched alkanes of at least 4 members (excludes halogenated alkanes) is 6. The van der Waals surface area contributed by atoms with Crippen molar-refractivity contribution >= 4 is 57.0 Å². The van der Waals surface area contributed by atoms with Crippen LogP contribution in [0.5, 0.6) is 0 Å². The van der Waals surface area contributed by atoms with Gasteiger partial charge in [0.15, 0.2) is 0 Å². The summed E-state index contributed by atoms with van der Waals surface area (Å²) in [6, 6.07) is 4.06. The second kappa shape index (κ2) is 9.48. The summed E-state index contributed by atoms with van der Waals surface area (Å²) >= 11 is 3.15. The van der Waals surface area contributed by atoms with Gasteiger partial charge in [-0.3, -0.25) is 9.59 Å². The van der Waals surface area contributed by atoms with Crippen LogP contribution < -0.4 is 9.80 Å². The maximum Gasteiger partial charge on any atom is 0.260 e. The molecule has 4 heterocycles. The molecule has 4 rings (SSSR count). The standard InChI is InChI=1S/C24H30N2O2S2/c1-3-5-7-9-13-25-17-11-15-29-21(17)19(23(25)27)20-22-18(12-16-30-22)26(24(20)28)14-10-8-6-4-2/h11-12,15-16H,3-10,13-14H2,1-2H3/b20-19+. The van der Waals surface area contributed by atoms with E-state index in [9.17, 15) is 9.59 Å². The lowest BCUT2D eigenvalue weighted by atomic mass is 10.1. The molecule has 0 N–H and O–H groups in total. The average Bonchev–Trinajstić information content (AvgIpc) is 3.48. The molecular weight excluding hydrogens is 412 g/mol. The first-order chi connectivity index (χ1) is 14.7. The van der Waals surface area contributed by atoms with Gasteiger partial charge in [0.25, 0.3) is 11.8 Å². The van der Waals surface area contributed by atoms with Crippen LogP contribution in [0.3, 0.4) is 0 Å². The Morgan fingerprint density at radius 1 is 0.667 bits per heavy atom. The number of carbonyl (C=O) groups is 2. The first kappa shape index (κ1) is 21.3. The van der Waals surface area contributed by atoms with E-state index in [2.05, 4.69) is 13.8 Å². The van der Waals surface area contributed by atoms with Gasteiger partial charge in [0.2, 0.25) is 0 Å². The largest absolute Gasteiger partial charge is 0.307 e. The van der Waals surface area contributed by atoms with Gasteiger partial charge in [0.1, 0.15) is 0 Å². The summed E-state index contributed by atoms with van der Waals surface area (Å²) in [5.74, 6) is 0.00719. The summed E-state index contributed by atoms with van der Waals surface area (Å²) in [5, 5.41) is 4.07. The quantitative estimate of drug-likeness (QED) is 0.308. The van der Waals surface area contributed by atoms with Crippen LogP contribution in [0.4, 0.5) is 11.4 Å². The summed E-state index contributed by atoms with van der Waals surface area (Å²) in [7, 11) is 0. The average molecular weight is 443 g/mol. The van der Waals surface area contributed by atoms with Crippen molar-refractivity contribution in [3.63, 3.8) is 0 Å². The van der Waals surface area contributed by atoms with E-state index in [1.165, 1.54) is 25.7 Å². The molecule has 0 bridgehead atoms. The van der Waals surface area contributed by atoms with Crippen LogP contribution in [0.15, 0.2) is 22.9 Å². The Morgan fingerprint density at radius 2 is 1.10 bits per heavy atom. The number of hydrogen-bond donors (Lipinski definition) is 0. The van der Waals surface area contributed by atoms with Crippen LogP contribution in [-0.4, -0.2) is 24.9 Å². The molecule has 0 atom stereocenters. The Kier molecular flexibility index (Phi) is 6.74. The molecule has 2 aromatic rings. The molecule has 0 spiro atoms. The molecule has 0 saturated heterocycles. The Hall–Kier alpha value is -1.92. The highest BCUT2D eigenvalue weighted by atomic mass is 32.1. The zero-order valence-corrected chi connectivity index (χ0v) is 19.5. The van der Waals surface area contributed by atoms with Crippen LogP contribution >= 0.6 is 22.7 Å². The van der Waals surface area contributed by atoms with E-state index in [1.54, 1.807) is 22.7 Å². The Morgan fingerprint density at radius 3 is 1.50 bits per heavy atom. The third kappa shape index (κ3) is 3.76. The van der Waals surface area contributed by atoms with Crippen LogP contribution in [0.1, 0.15) is 75.0 Å². The zero-order chi connectivity index (χ0) is 21.1. The predicted molar refractivity (Wildman–Crippen MR) is 128 cm³/mol. The number of carbonyl (C=O) groups excluding carboxylic acids is 2. The van der Waals surface area contributed by atoms with E-state index in [4.69, 9.17) is 0 Å². The molecule has 2 aliphatic heterocycles. The number of rotatable bonds is 10. The van der Waals surface area contributed by atoms with Gasteiger partial charge in [0.05, 0.1) is 32.3 Å². The number of hydrogen-bond acceptors (Lipinski definition) is 4. The predicted octanol–water partition coefficient (Wildman–Crippen LogP) is 6.57. The van der Waals surface area contributed by atoms with Crippen molar-refractivity contribution in [1.82, 2.24) is 0 Å². The van der Waals surface area contributed by atoms with E-state index in [0.29, 0.717) is 11.1 Å². The minimum Gasteiger partial charge on any atom is -0.307 e. The molecule has 0 aliphatic carbocycles. The second-order valence-electron chi connectivity index (χ2n) is 8.05. The highest BCUT2D eigenvalue weighted by Crippen LogP contribution is 2.50. The minimum absolute atomic E-state index is 0.00359. The number of amides is 2. The number of thiophene rings is 2. The van der Waals surface area contributed by atoms with Crippen molar-refractivity contribution in [3.05, 3.63) is 32.6 Å². The molecule has 30 heavy (non-hydrogen) atoms. The molecule has 2 aromatic heterocycles. The molecule has 0 aromatic carbocycles. The lowest BCUT2D eigenvalue weighted by molar-refractivity contribution is -0.114. The van der Waals surface area contributed by atoms with Gasteiger partial charge in [0, 0.05) is 13.1 Å². The number of nitrogens with zero attached hydrogens (tertiary/aromatic N) is 2. The van der Waals surface area contributed by atoms with Crippen molar-refractivity contribution in [2.45, 2.75) is 65.2 Å². The smallest absolute Gasteiger partial charge is 0.260 e.